The molecule has 1 atom stereocenters. The highest BCUT2D eigenvalue weighted by Crippen LogP contribution is 2.21. The van der Waals surface area contributed by atoms with Crippen LogP contribution in [0.3, 0.4) is 0 Å². The summed E-state index contributed by atoms with van der Waals surface area (Å²) in [4.78, 5) is 11.9. The van der Waals surface area contributed by atoms with Crippen LogP contribution in [0.4, 0.5) is 8.78 Å². The molecule has 0 bridgehead atoms. The van der Waals surface area contributed by atoms with Gasteiger partial charge in [-0.15, -0.1) is 10.2 Å². The molecule has 2 rings (SSSR count). The van der Waals surface area contributed by atoms with Gasteiger partial charge in [0.1, 0.15) is 10.8 Å². The van der Waals surface area contributed by atoms with Gasteiger partial charge in [0, 0.05) is 18.4 Å². The largest absolute Gasteiger partial charge is 0.478 e. The molecule has 0 fully saturated rings. The second kappa shape index (κ2) is 8.21. The number of amides is 1. The zero-order valence-electron chi connectivity index (χ0n) is 12.5. The Kier molecular flexibility index (Phi) is 6.28. The lowest BCUT2D eigenvalue weighted by atomic mass is 10.3. The molecule has 1 aromatic heterocycles. The van der Waals surface area contributed by atoms with Crippen molar-refractivity contribution in [2.24, 2.45) is 0 Å². The second-order valence-corrected chi connectivity index (χ2v) is 7.08. The van der Waals surface area contributed by atoms with E-state index in [9.17, 15) is 13.6 Å². The summed E-state index contributed by atoms with van der Waals surface area (Å²) in [6, 6.07) is 2.94. The van der Waals surface area contributed by atoms with Crippen LogP contribution in [0.1, 0.15) is 11.9 Å². The zero-order valence-corrected chi connectivity index (χ0v) is 14.1. The van der Waals surface area contributed by atoms with Gasteiger partial charge in [0.05, 0.1) is 0 Å². The van der Waals surface area contributed by atoms with Crippen LogP contribution in [0.5, 0.6) is 5.75 Å². The van der Waals surface area contributed by atoms with Gasteiger partial charge in [-0.1, -0.05) is 23.1 Å². The number of hydrogen-bond donors (Lipinski definition) is 1. The van der Waals surface area contributed by atoms with Gasteiger partial charge in [-0.05, 0) is 26.0 Å². The van der Waals surface area contributed by atoms with E-state index < -0.39 is 17.7 Å². The van der Waals surface area contributed by atoms with Crippen LogP contribution >= 0.6 is 23.1 Å². The molecule has 124 valence electrons. The number of carbonyl (C=O) groups is 1. The molecule has 0 unspecified atom stereocenters. The minimum atomic E-state index is -0.885. The van der Waals surface area contributed by atoms with Gasteiger partial charge in [-0.3, -0.25) is 4.79 Å². The van der Waals surface area contributed by atoms with E-state index in [1.807, 2.05) is 6.92 Å². The maximum absolute atomic E-state index is 13.5. The quantitative estimate of drug-likeness (QED) is 0.608. The number of halogens is 2. The molecular weight excluding hydrogens is 344 g/mol. The third-order valence-electron chi connectivity index (χ3n) is 2.70. The summed E-state index contributed by atoms with van der Waals surface area (Å²) in [5.74, 6) is -1.43. The molecule has 23 heavy (non-hydrogen) atoms. The van der Waals surface area contributed by atoms with E-state index in [0.717, 1.165) is 21.5 Å². The smallest absolute Gasteiger partial charge is 0.260 e. The number of nitrogens with one attached hydrogen (secondary N) is 1. The van der Waals surface area contributed by atoms with Gasteiger partial charge >= 0.3 is 0 Å². The fourth-order valence-corrected chi connectivity index (χ4v) is 3.35. The Morgan fingerprint density at radius 3 is 2.87 bits per heavy atom. The van der Waals surface area contributed by atoms with Crippen LogP contribution in [0.2, 0.25) is 0 Å². The van der Waals surface area contributed by atoms with E-state index in [0.29, 0.717) is 18.4 Å². The number of aromatic nitrogens is 2. The summed E-state index contributed by atoms with van der Waals surface area (Å²) < 4.78 is 32.3. The molecule has 0 spiro atoms. The first kappa shape index (κ1) is 17.6. The Bertz CT molecular complexity index is 682. The number of benzene rings is 1. The summed E-state index contributed by atoms with van der Waals surface area (Å²) in [6.45, 7) is 3.79. The Hall–Kier alpha value is -1.74. The molecule has 1 aromatic carbocycles. The molecule has 0 aliphatic rings. The van der Waals surface area contributed by atoms with Gasteiger partial charge in [-0.2, -0.15) is 0 Å². The van der Waals surface area contributed by atoms with Gasteiger partial charge in [0.15, 0.2) is 22.0 Å². The first-order valence-electron chi connectivity index (χ1n) is 6.78. The average molecular weight is 359 g/mol. The number of carbonyl (C=O) groups excluding carboxylic acids is 1. The van der Waals surface area contributed by atoms with E-state index in [1.165, 1.54) is 30.0 Å². The lowest BCUT2D eigenvalue weighted by Crippen LogP contribution is -2.37. The zero-order chi connectivity index (χ0) is 16.8. The van der Waals surface area contributed by atoms with E-state index in [-0.39, 0.29) is 11.7 Å². The van der Waals surface area contributed by atoms with Crippen molar-refractivity contribution in [3.63, 3.8) is 0 Å². The molecule has 0 saturated carbocycles. The van der Waals surface area contributed by atoms with Crippen LogP contribution < -0.4 is 10.1 Å². The molecular formula is C14H15F2N3O2S2. The molecule has 0 aliphatic heterocycles. The molecule has 5 nitrogen and oxygen atoms in total. The van der Waals surface area contributed by atoms with Gasteiger partial charge in [0.2, 0.25) is 0 Å². The van der Waals surface area contributed by atoms with Gasteiger partial charge in [-0.25, -0.2) is 8.78 Å². The van der Waals surface area contributed by atoms with Crippen LogP contribution in [0, 0.1) is 18.6 Å². The normalized spacial score (nSPS) is 12.0. The van der Waals surface area contributed by atoms with Crippen LogP contribution in [-0.4, -0.2) is 34.5 Å². The van der Waals surface area contributed by atoms with Crippen molar-refractivity contribution >= 4 is 29.0 Å². The Morgan fingerprint density at radius 1 is 1.43 bits per heavy atom. The van der Waals surface area contributed by atoms with Crippen LogP contribution in [-0.2, 0) is 4.79 Å². The fraction of sp³-hybridized carbons (Fsp3) is 0.357. The lowest BCUT2D eigenvalue weighted by molar-refractivity contribution is -0.127. The predicted octanol–water partition coefficient (Wildman–Crippen LogP) is 2.80. The minimum Gasteiger partial charge on any atom is -0.478 e. The number of thioether (sulfide) groups is 1. The first-order chi connectivity index (χ1) is 11.0. The lowest BCUT2D eigenvalue weighted by Gasteiger charge is -2.15. The maximum atomic E-state index is 13.5. The highest BCUT2D eigenvalue weighted by molar-refractivity contribution is 8.01. The molecule has 1 heterocycles. The van der Waals surface area contributed by atoms with Gasteiger partial charge in [0.25, 0.3) is 5.91 Å². The minimum absolute atomic E-state index is 0.159. The summed E-state index contributed by atoms with van der Waals surface area (Å²) in [5, 5.41) is 11.4. The standard InChI is InChI=1S/C14H15F2N3O2S2/c1-8(21-12-4-3-10(15)7-11(12)16)13(20)17-5-6-22-14-19-18-9(2)23-14/h3-4,7-8H,5-6H2,1-2H3,(H,17,20)/t8-/m1/s1. The van der Waals surface area contributed by atoms with Crippen molar-refractivity contribution in [2.45, 2.75) is 24.3 Å². The van der Waals surface area contributed by atoms with Gasteiger partial charge < -0.3 is 10.1 Å². The highest BCUT2D eigenvalue weighted by atomic mass is 32.2. The number of hydrogen-bond acceptors (Lipinski definition) is 6. The maximum Gasteiger partial charge on any atom is 0.260 e. The third kappa shape index (κ3) is 5.43. The van der Waals surface area contributed by atoms with Crippen molar-refractivity contribution in [1.82, 2.24) is 15.5 Å². The summed E-state index contributed by atoms with van der Waals surface area (Å²) in [6.07, 6.45) is -0.885. The van der Waals surface area contributed by atoms with Crippen molar-refractivity contribution in [2.75, 3.05) is 12.3 Å². The monoisotopic (exact) mass is 359 g/mol. The summed E-state index contributed by atoms with van der Waals surface area (Å²) in [7, 11) is 0. The number of rotatable bonds is 7. The van der Waals surface area contributed by atoms with Crippen molar-refractivity contribution in [3.05, 3.63) is 34.8 Å². The number of aryl methyl sites for hydroxylation is 1. The Morgan fingerprint density at radius 2 is 2.22 bits per heavy atom. The summed E-state index contributed by atoms with van der Waals surface area (Å²) in [5.41, 5.74) is 0. The number of nitrogens with zero attached hydrogens (tertiary/aromatic N) is 2. The molecule has 9 heteroatoms. The van der Waals surface area contributed by atoms with E-state index in [1.54, 1.807) is 0 Å². The van der Waals surface area contributed by atoms with Crippen LogP contribution in [0.15, 0.2) is 22.5 Å². The van der Waals surface area contributed by atoms with E-state index in [4.69, 9.17) is 4.74 Å². The van der Waals surface area contributed by atoms with E-state index >= 15 is 0 Å². The fourth-order valence-electron chi connectivity index (χ4n) is 1.61. The second-order valence-electron chi connectivity index (χ2n) is 4.56. The molecule has 0 radical (unpaired) electrons. The summed E-state index contributed by atoms with van der Waals surface area (Å²) >= 11 is 2.98. The Labute approximate surface area is 140 Å². The number of ether oxygens (including phenoxy) is 1. The molecule has 2 aromatic rings. The van der Waals surface area contributed by atoms with Crippen LogP contribution in [0.25, 0.3) is 0 Å². The van der Waals surface area contributed by atoms with Crippen molar-refractivity contribution in [1.29, 1.82) is 0 Å². The highest BCUT2D eigenvalue weighted by Gasteiger charge is 2.16. The van der Waals surface area contributed by atoms with Crippen molar-refractivity contribution in [3.8, 4) is 5.75 Å². The topological polar surface area (TPSA) is 64.1 Å². The first-order valence-corrected chi connectivity index (χ1v) is 8.58. The predicted molar refractivity (Wildman–Crippen MR) is 84.8 cm³/mol. The molecule has 1 N–H and O–H groups in total. The Balaban J connectivity index is 1.74. The molecule has 0 aliphatic carbocycles. The van der Waals surface area contributed by atoms with E-state index in [2.05, 4.69) is 15.5 Å². The SMILES string of the molecule is Cc1nnc(SCCNC(=O)[C@@H](C)Oc2ccc(F)cc2F)s1. The van der Waals surface area contributed by atoms with Crippen molar-refractivity contribution < 1.29 is 18.3 Å². The molecule has 1 amide bonds. The molecule has 0 saturated heterocycles. The third-order valence-corrected chi connectivity index (χ3v) is 4.67. The average Bonchev–Trinajstić information content (AvgIpc) is 2.91.